The van der Waals surface area contributed by atoms with E-state index in [1.54, 1.807) is 0 Å². The summed E-state index contributed by atoms with van der Waals surface area (Å²) in [5.41, 5.74) is 5.27. The lowest BCUT2D eigenvalue weighted by atomic mass is 9.94. The zero-order valence-electron chi connectivity index (χ0n) is 11.1. The Morgan fingerprint density at radius 2 is 1.84 bits per heavy atom. The van der Waals surface area contributed by atoms with Gasteiger partial charge in [0.2, 0.25) is 10.0 Å². The fourth-order valence-corrected chi connectivity index (χ4v) is 4.49. The summed E-state index contributed by atoms with van der Waals surface area (Å²) in [7, 11) is -3.71. The van der Waals surface area contributed by atoms with E-state index < -0.39 is 15.8 Å². The first-order valence-electron chi connectivity index (χ1n) is 6.36. The van der Waals surface area contributed by atoms with Crippen molar-refractivity contribution >= 4 is 15.7 Å². The Morgan fingerprint density at radius 3 is 2.42 bits per heavy atom. The largest absolute Gasteiger partial charge is 0.395 e. The van der Waals surface area contributed by atoms with Crippen LogP contribution in [0.15, 0.2) is 23.1 Å². The van der Waals surface area contributed by atoms with Gasteiger partial charge < -0.3 is 5.73 Å². The molecule has 1 aromatic rings. The van der Waals surface area contributed by atoms with Gasteiger partial charge in [-0.3, -0.25) is 0 Å². The summed E-state index contributed by atoms with van der Waals surface area (Å²) in [6.07, 6.45) is 1.00. The zero-order chi connectivity index (χ0) is 14.2. The van der Waals surface area contributed by atoms with Gasteiger partial charge in [0.1, 0.15) is 10.7 Å². The normalized spacial score (nSPS) is 25.4. The van der Waals surface area contributed by atoms with E-state index in [0.717, 1.165) is 12.5 Å². The van der Waals surface area contributed by atoms with Gasteiger partial charge in [-0.2, -0.15) is 4.31 Å². The molecule has 2 N–H and O–H groups in total. The van der Waals surface area contributed by atoms with Crippen molar-refractivity contribution in [3.63, 3.8) is 0 Å². The third-order valence-corrected chi connectivity index (χ3v) is 5.36. The maximum Gasteiger partial charge on any atom is 0.245 e. The van der Waals surface area contributed by atoms with E-state index >= 15 is 0 Å². The Morgan fingerprint density at radius 1 is 1.26 bits per heavy atom. The number of nitrogens with two attached hydrogens (primary N) is 1. The van der Waals surface area contributed by atoms with Crippen LogP contribution in [0.4, 0.5) is 10.1 Å². The molecule has 0 amide bonds. The molecule has 106 valence electrons. The Balaban J connectivity index is 2.39. The highest BCUT2D eigenvalue weighted by atomic mass is 32.2. The summed E-state index contributed by atoms with van der Waals surface area (Å²) >= 11 is 0. The van der Waals surface area contributed by atoms with Crippen LogP contribution < -0.4 is 5.73 Å². The monoisotopic (exact) mass is 286 g/mol. The standard InChI is InChI=1S/C13H19FN2O2S/c1-9-6-10(2)8-16(7-9)19(17,18)12-5-3-4-11(14)13(12)15/h3-5,9-10H,6-8,15H2,1-2H3. The number of anilines is 1. The average molecular weight is 286 g/mol. The lowest BCUT2D eigenvalue weighted by molar-refractivity contribution is 0.222. The molecule has 1 aliphatic heterocycles. The highest BCUT2D eigenvalue weighted by molar-refractivity contribution is 7.89. The van der Waals surface area contributed by atoms with Crippen LogP contribution in [0, 0.1) is 17.7 Å². The molecule has 6 heteroatoms. The number of hydrogen-bond acceptors (Lipinski definition) is 3. The topological polar surface area (TPSA) is 63.4 Å². The molecule has 2 atom stereocenters. The van der Waals surface area contributed by atoms with Crippen LogP contribution >= 0.6 is 0 Å². The van der Waals surface area contributed by atoms with Crippen LogP contribution in [0.5, 0.6) is 0 Å². The van der Waals surface area contributed by atoms with Gasteiger partial charge >= 0.3 is 0 Å². The zero-order valence-corrected chi connectivity index (χ0v) is 12.0. The van der Waals surface area contributed by atoms with Crippen molar-refractivity contribution in [1.82, 2.24) is 4.31 Å². The molecule has 0 radical (unpaired) electrons. The highest BCUT2D eigenvalue weighted by Gasteiger charge is 2.33. The van der Waals surface area contributed by atoms with Crippen molar-refractivity contribution in [2.24, 2.45) is 11.8 Å². The van der Waals surface area contributed by atoms with Gasteiger partial charge in [0.05, 0.1) is 5.69 Å². The van der Waals surface area contributed by atoms with Gasteiger partial charge in [0.15, 0.2) is 0 Å². The van der Waals surface area contributed by atoms with Crippen LogP contribution in [0.25, 0.3) is 0 Å². The number of halogens is 1. The van der Waals surface area contributed by atoms with Crippen LogP contribution in [0.2, 0.25) is 0 Å². The molecule has 0 aliphatic carbocycles. The van der Waals surface area contributed by atoms with E-state index in [-0.39, 0.29) is 10.6 Å². The second-order valence-corrected chi connectivity index (χ2v) is 7.33. The van der Waals surface area contributed by atoms with Crippen molar-refractivity contribution in [2.75, 3.05) is 18.8 Å². The summed E-state index contributed by atoms with van der Waals surface area (Å²) in [4.78, 5) is -0.131. The summed E-state index contributed by atoms with van der Waals surface area (Å²) < 4.78 is 39.9. The second-order valence-electron chi connectivity index (χ2n) is 5.42. The minimum atomic E-state index is -3.71. The SMILES string of the molecule is CC1CC(C)CN(S(=O)(=O)c2cccc(F)c2N)C1. The minimum Gasteiger partial charge on any atom is -0.395 e. The molecule has 0 aromatic heterocycles. The lowest BCUT2D eigenvalue weighted by Gasteiger charge is -2.34. The molecule has 1 heterocycles. The van der Waals surface area contributed by atoms with E-state index in [4.69, 9.17) is 5.73 Å². The van der Waals surface area contributed by atoms with Crippen molar-refractivity contribution in [2.45, 2.75) is 25.2 Å². The van der Waals surface area contributed by atoms with E-state index in [0.29, 0.717) is 24.9 Å². The van der Waals surface area contributed by atoms with Gasteiger partial charge in [-0.05, 0) is 30.4 Å². The number of hydrogen-bond donors (Lipinski definition) is 1. The predicted molar refractivity (Wildman–Crippen MR) is 72.5 cm³/mol. The molecule has 0 bridgehead atoms. The van der Waals surface area contributed by atoms with Crippen LogP contribution in [-0.4, -0.2) is 25.8 Å². The van der Waals surface area contributed by atoms with Crippen molar-refractivity contribution in [3.05, 3.63) is 24.0 Å². The number of nitrogens with zero attached hydrogens (tertiary/aromatic N) is 1. The molecular weight excluding hydrogens is 267 g/mol. The number of para-hydroxylation sites is 1. The quantitative estimate of drug-likeness (QED) is 0.847. The Hall–Kier alpha value is -1.14. The second kappa shape index (κ2) is 5.09. The van der Waals surface area contributed by atoms with Crippen molar-refractivity contribution in [1.29, 1.82) is 0 Å². The third-order valence-electron chi connectivity index (χ3n) is 3.47. The Labute approximate surface area is 113 Å². The van der Waals surface area contributed by atoms with Gasteiger partial charge in [-0.15, -0.1) is 0 Å². The lowest BCUT2D eigenvalue weighted by Crippen LogP contribution is -2.42. The number of benzene rings is 1. The van der Waals surface area contributed by atoms with Crippen molar-refractivity contribution < 1.29 is 12.8 Å². The average Bonchev–Trinajstić information content (AvgIpc) is 2.31. The molecule has 1 saturated heterocycles. The van der Waals surface area contributed by atoms with E-state index in [1.165, 1.54) is 16.4 Å². The maximum atomic E-state index is 13.4. The molecule has 0 saturated carbocycles. The molecular formula is C13H19FN2O2S. The summed E-state index contributed by atoms with van der Waals surface area (Å²) in [6, 6.07) is 3.89. The third kappa shape index (κ3) is 2.74. The van der Waals surface area contributed by atoms with E-state index in [9.17, 15) is 12.8 Å². The number of nitrogen functional groups attached to an aromatic ring is 1. The fraction of sp³-hybridized carbons (Fsp3) is 0.538. The maximum absolute atomic E-state index is 13.4. The van der Waals surface area contributed by atoms with E-state index in [2.05, 4.69) is 0 Å². The minimum absolute atomic E-state index is 0.131. The predicted octanol–water partition coefficient (Wildman–Crippen LogP) is 2.07. The molecule has 4 nitrogen and oxygen atoms in total. The first kappa shape index (κ1) is 14.3. The van der Waals surface area contributed by atoms with Gasteiger partial charge in [0.25, 0.3) is 0 Å². The molecule has 0 spiro atoms. The number of piperidine rings is 1. The Kier molecular flexibility index (Phi) is 3.82. The Bertz CT molecular complexity index is 564. The van der Waals surface area contributed by atoms with Crippen molar-refractivity contribution in [3.8, 4) is 0 Å². The highest BCUT2D eigenvalue weighted by Crippen LogP contribution is 2.29. The smallest absolute Gasteiger partial charge is 0.245 e. The first-order chi connectivity index (χ1) is 8.82. The van der Waals surface area contributed by atoms with Gasteiger partial charge in [-0.25, -0.2) is 12.8 Å². The molecule has 2 rings (SSSR count). The summed E-state index contributed by atoms with van der Waals surface area (Å²) in [6.45, 7) is 4.96. The molecule has 1 aliphatic rings. The summed E-state index contributed by atoms with van der Waals surface area (Å²) in [5.74, 6) is -0.0965. The fourth-order valence-electron chi connectivity index (χ4n) is 2.68. The van der Waals surface area contributed by atoms with E-state index in [1.807, 2.05) is 13.8 Å². The van der Waals surface area contributed by atoms with Gasteiger partial charge in [-0.1, -0.05) is 19.9 Å². The molecule has 19 heavy (non-hydrogen) atoms. The summed E-state index contributed by atoms with van der Waals surface area (Å²) in [5, 5.41) is 0. The van der Waals surface area contributed by atoms with Gasteiger partial charge in [0, 0.05) is 13.1 Å². The number of sulfonamides is 1. The molecule has 2 unspecified atom stereocenters. The molecule has 1 aromatic carbocycles. The first-order valence-corrected chi connectivity index (χ1v) is 7.80. The van der Waals surface area contributed by atoms with Crippen LogP contribution in [0.1, 0.15) is 20.3 Å². The van der Waals surface area contributed by atoms with Crippen LogP contribution in [0.3, 0.4) is 0 Å². The number of rotatable bonds is 2. The molecule has 1 fully saturated rings. The van der Waals surface area contributed by atoms with Crippen LogP contribution in [-0.2, 0) is 10.0 Å².